The van der Waals surface area contributed by atoms with Gasteiger partial charge in [-0.1, -0.05) is 0 Å². The van der Waals surface area contributed by atoms with E-state index in [2.05, 4.69) is 48.3 Å². The van der Waals surface area contributed by atoms with E-state index in [4.69, 9.17) is 9.47 Å². The Hall–Kier alpha value is -3.25. The van der Waals surface area contributed by atoms with Gasteiger partial charge in [0.1, 0.15) is 11.5 Å². The van der Waals surface area contributed by atoms with E-state index in [1.54, 1.807) is 14.2 Å². The number of hydrogen-bond donors (Lipinski definition) is 2. The molecule has 0 spiro atoms. The maximum Gasteiger partial charge on any atom is 0.119 e. The van der Waals surface area contributed by atoms with Gasteiger partial charge in [0.2, 0.25) is 0 Å². The van der Waals surface area contributed by atoms with Crippen molar-refractivity contribution < 1.29 is 9.47 Å². The monoisotopic (exact) mass is 404 g/mol. The summed E-state index contributed by atoms with van der Waals surface area (Å²) < 4.78 is 12.6. The molecule has 0 saturated carbocycles. The smallest absolute Gasteiger partial charge is 0.119 e. The number of fused-ring (bicyclic) bond motifs is 1. The van der Waals surface area contributed by atoms with Crippen LogP contribution >= 0.6 is 0 Å². The van der Waals surface area contributed by atoms with Crippen LogP contribution < -0.4 is 14.8 Å². The average molecular weight is 405 g/mol. The largest absolute Gasteiger partial charge is 0.497 e. The van der Waals surface area contributed by atoms with Crippen LogP contribution in [0.2, 0.25) is 0 Å². The predicted molar refractivity (Wildman–Crippen MR) is 120 cm³/mol. The SMILES string of the molecule is COc1ccc(-n2ncc([C@H](C)NCc3[nH]c4ccc(OC)cc4c3C)c2C)cc1. The molecular formula is C24H28N4O2. The number of benzene rings is 2. The molecule has 1 atom stereocenters. The van der Waals surface area contributed by atoms with Crippen LogP contribution in [0.15, 0.2) is 48.7 Å². The minimum absolute atomic E-state index is 0.164. The Bertz CT molecular complexity index is 1160. The van der Waals surface area contributed by atoms with E-state index < -0.39 is 0 Å². The van der Waals surface area contributed by atoms with Crippen molar-refractivity contribution in [3.8, 4) is 17.2 Å². The molecule has 0 amide bonds. The zero-order valence-corrected chi connectivity index (χ0v) is 18.1. The van der Waals surface area contributed by atoms with Gasteiger partial charge < -0.3 is 19.8 Å². The van der Waals surface area contributed by atoms with E-state index in [0.717, 1.165) is 34.9 Å². The van der Waals surface area contributed by atoms with Gasteiger partial charge in [0, 0.05) is 40.4 Å². The highest BCUT2D eigenvalue weighted by Crippen LogP contribution is 2.27. The van der Waals surface area contributed by atoms with Crippen LogP contribution in [0.1, 0.15) is 35.5 Å². The van der Waals surface area contributed by atoms with Crippen LogP contribution in [-0.4, -0.2) is 29.0 Å². The fourth-order valence-corrected chi connectivity index (χ4v) is 3.86. The Labute approximate surface area is 176 Å². The number of methoxy groups -OCH3 is 2. The zero-order valence-electron chi connectivity index (χ0n) is 18.1. The number of aromatic amines is 1. The third-order valence-corrected chi connectivity index (χ3v) is 5.79. The molecule has 0 fully saturated rings. The maximum absolute atomic E-state index is 5.36. The van der Waals surface area contributed by atoms with E-state index in [9.17, 15) is 0 Å². The summed E-state index contributed by atoms with van der Waals surface area (Å²) in [6, 6.07) is 14.2. The van der Waals surface area contributed by atoms with Gasteiger partial charge in [-0.05, 0) is 68.8 Å². The molecule has 0 saturated heterocycles. The summed E-state index contributed by atoms with van der Waals surface area (Å²) in [5.74, 6) is 1.71. The summed E-state index contributed by atoms with van der Waals surface area (Å²) in [6.07, 6.45) is 1.94. The molecule has 2 aromatic heterocycles. The molecule has 2 heterocycles. The van der Waals surface area contributed by atoms with Crippen LogP contribution in [0.4, 0.5) is 0 Å². The minimum atomic E-state index is 0.164. The minimum Gasteiger partial charge on any atom is -0.497 e. The predicted octanol–water partition coefficient (Wildman–Crippen LogP) is 4.84. The second-order valence-electron chi connectivity index (χ2n) is 7.54. The van der Waals surface area contributed by atoms with Crippen molar-refractivity contribution in [2.75, 3.05) is 14.2 Å². The highest BCUT2D eigenvalue weighted by Gasteiger charge is 2.16. The third-order valence-electron chi connectivity index (χ3n) is 5.79. The van der Waals surface area contributed by atoms with Crippen molar-refractivity contribution in [3.05, 3.63) is 71.2 Å². The first-order valence-electron chi connectivity index (χ1n) is 10.1. The first kappa shape index (κ1) is 20.0. The Balaban J connectivity index is 1.50. The molecule has 0 aliphatic rings. The van der Waals surface area contributed by atoms with Crippen LogP contribution in [0, 0.1) is 13.8 Å². The van der Waals surface area contributed by atoms with Gasteiger partial charge in [-0.2, -0.15) is 5.10 Å². The highest BCUT2D eigenvalue weighted by molar-refractivity contribution is 5.85. The Kier molecular flexibility index (Phi) is 5.50. The lowest BCUT2D eigenvalue weighted by Gasteiger charge is -2.14. The number of rotatable bonds is 7. The van der Waals surface area contributed by atoms with E-state index in [-0.39, 0.29) is 6.04 Å². The van der Waals surface area contributed by atoms with Crippen molar-refractivity contribution in [2.45, 2.75) is 33.4 Å². The van der Waals surface area contributed by atoms with Crippen LogP contribution in [-0.2, 0) is 6.54 Å². The summed E-state index contributed by atoms with van der Waals surface area (Å²) in [4.78, 5) is 3.53. The van der Waals surface area contributed by atoms with Crippen molar-refractivity contribution in [2.24, 2.45) is 0 Å². The Morgan fingerprint density at radius 1 is 1.03 bits per heavy atom. The lowest BCUT2D eigenvalue weighted by atomic mass is 10.1. The maximum atomic E-state index is 5.36. The van der Waals surface area contributed by atoms with Crippen molar-refractivity contribution in [1.82, 2.24) is 20.1 Å². The standard InChI is InChI=1S/C24H28N4O2/c1-15-21-12-20(30-5)10-11-23(21)27-24(15)14-25-16(2)22-13-26-28(17(22)3)18-6-8-19(29-4)9-7-18/h6-13,16,25,27H,14H2,1-5H3/t16-/m0/s1. The molecular weight excluding hydrogens is 376 g/mol. The number of aryl methyl sites for hydroxylation is 1. The number of nitrogens with one attached hydrogen (secondary N) is 2. The molecule has 6 heteroatoms. The molecule has 2 N–H and O–H groups in total. The van der Waals surface area contributed by atoms with Gasteiger partial charge in [0.25, 0.3) is 0 Å². The van der Waals surface area contributed by atoms with Crippen LogP contribution in [0.3, 0.4) is 0 Å². The van der Waals surface area contributed by atoms with Gasteiger partial charge in [0.15, 0.2) is 0 Å². The molecule has 156 valence electrons. The molecule has 0 unspecified atom stereocenters. The van der Waals surface area contributed by atoms with Crippen molar-refractivity contribution >= 4 is 10.9 Å². The molecule has 4 aromatic rings. The molecule has 0 radical (unpaired) electrons. The quantitative estimate of drug-likeness (QED) is 0.463. The fraction of sp³-hybridized carbons (Fsp3) is 0.292. The third kappa shape index (κ3) is 3.66. The topological polar surface area (TPSA) is 64.1 Å². The first-order chi connectivity index (χ1) is 14.5. The Morgan fingerprint density at radius 2 is 1.73 bits per heavy atom. The van der Waals surface area contributed by atoms with Crippen molar-refractivity contribution in [1.29, 1.82) is 0 Å². The molecule has 30 heavy (non-hydrogen) atoms. The fourth-order valence-electron chi connectivity index (χ4n) is 3.86. The van der Waals surface area contributed by atoms with Gasteiger partial charge in [0.05, 0.1) is 26.1 Å². The number of aromatic nitrogens is 3. The van der Waals surface area contributed by atoms with Crippen LogP contribution in [0.25, 0.3) is 16.6 Å². The summed E-state index contributed by atoms with van der Waals surface area (Å²) in [5.41, 5.74) is 6.88. The van der Waals surface area contributed by atoms with E-state index in [0.29, 0.717) is 0 Å². The normalized spacial score (nSPS) is 12.3. The summed E-state index contributed by atoms with van der Waals surface area (Å²) in [5, 5.41) is 9.43. The second kappa shape index (κ2) is 8.24. The molecule has 0 aliphatic heterocycles. The number of nitrogens with zero attached hydrogens (tertiary/aromatic N) is 2. The van der Waals surface area contributed by atoms with Gasteiger partial charge in [-0.25, -0.2) is 4.68 Å². The lowest BCUT2D eigenvalue weighted by molar-refractivity contribution is 0.414. The molecule has 0 aliphatic carbocycles. The summed E-state index contributed by atoms with van der Waals surface area (Å²) in [7, 11) is 3.37. The number of ether oxygens (including phenoxy) is 2. The van der Waals surface area contributed by atoms with E-state index >= 15 is 0 Å². The second-order valence-corrected chi connectivity index (χ2v) is 7.54. The molecule has 0 bridgehead atoms. The molecule has 2 aromatic carbocycles. The zero-order chi connectivity index (χ0) is 21.3. The number of hydrogen-bond acceptors (Lipinski definition) is 4. The van der Waals surface area contributed by atoms with E-state index in [1.165, 1.54) is 22.2 Å². The highest BCUT2D eigenvalue weighted by atomic mass is 16.5. The van der Waals surface area contributed by atoms with Gasteiger partial charge in [-0.15, -0.1) is 0 Å². The summed E-state index contributed by atoms with van der Waals surface area (Å²) >= 11 is 0. The van der Waals surface area contributed by atoms with Crippen LogP contribution in [0.5, 0.6) is 11.5 Å². The lowest BCUT2D eigenvalue weighted by Crippen LogP contribution is -2.19. The van der Waals surface area contributed by atoms with Gasteiger partial charge >= 0.3 is 0 Å². The van der Waals surface area contributed by atoms with Gasteiger partial charge in [-0.3, -0.25) is 0 Å². The summed E-state index contributed by atoms with van der Waals surface area (Å²) in [6.45, 7) is 7.17. The average Bonchev–Trinajstić information content (AvgIpc) is 3.31. The number of H-pyrrole nitrogens is 1. The molecule has 4 rings (SSSR count). The van der Waals surface area contributed by atoms with Crippen molar-refractivity contribution in [3.63, 3.8) is 0 Å². The Morgan fingerprint density at radius 3 is 2.43 bits per heavy atom. The van der Waals surface area contributed by atoms with E-state index in [1.807, 2.05) is 41.2 Å². The molecule has 6 nitrogen and oxygen atoms in total. The first-order valence-corrected chi connectivity index (χ1v) is 10.1.